The SMILES string of the molecule is COc1cccc(-c2nc(C(=O)NC3CCCC3)co2)c1. The summed E-state index contributed by atoms with van der Waals surface area (Å²) in [7, 11) is 1.61. The lowest BCUT2D eigenvalue weighted by molar-refractivity contribution is 0.0933. The number of nitrogens with zero attached hydrogens (tertiary/aromatic N) is 1. The fourth-order valence-electron chi connectivity index (χ4n) is 2.60. The standard InChI is InChI=1S/C16H18N2O3/c1-20-13-8-4-5-11(9-13)16-18-14(10-21-16)15(19)17-12-6-2-3-7-12/h4-5,8-10,12H,2-3,6-7H2,1H3,(H,17,19). The van der Waals surface area contributed by atoms with Crippen molar-refractivity contribution in [3.05, 3.63) is 36.2 Å². The number of amides is 1. The van der Waals surface area contributed by atoms with Crippen molar-refractivity contribution < 1.29 is 13.9 Å². The first-order valence-corrected chi connectivity index (χ1v) is 7.17. The molecule has 1 amide bonds. The second kappa shape index (κ2) is 5.99. The molecule has 0 saturated heterocycles. The van der Waals surface area contributed by atoms with Crippen LogP contribution in [0.3, 0.4) is 0 Å². The zero-order chi connectivity index (χ0) is 14.7. The summed E-state index contributed by atoms with van der Waals surface area (Å²) in [5.74, 6) is 0.980. The van der Waals surface area contributed by atoms with Gasteiger partial charge in [-0.3, -0.25) is 4.79 Å². The van der Waals surface area contributed by atoms with Crippen LogP contribution in [0.5, 0.6) is 5.75 Å². The molecule has 0 atom stereocenters. The first kappa shape index (κ1) is 13.7. The number of benzene rings is 1. The van der Waals surface area contributed by atoms with Crippen LogP contribution in [0.15, 0.2) is 34.9 Å². The molecule has 1 fully saturated rings. The highest BCUT2D eigenvalue weighted by Crippen LogP contribution is 2.23. The molecule has 1 N–H and O–H groups in total. The summed E-state index contributed by atoms with van der Waals surface area (Å²) in [5, 5.41) is 3.00. The van der Waals surface area contributed by atoms with E-state index >= 15 is 0 Å². The largest absolute Gasteiger partial charge is 0.497 e. The minimum absolute atomic E-state index is 0.167. The van der Waals surface area contributed by atoms with Gasteiger partial charge in [0.25, 0.3) is 5.91 Å². The van der Waals surface area contributed by atoms with Gasteiger partial charge in [0.05, 0.1) is 7.11 Å². The van der Waals surface area contributed by atoms with Gasteiger partial charge < -0.3 is 14.5 Å². The number of ether oxygens (including phenoxy) is 1. The minimum Gasteiger partial charge on any atom is -0.497 e. The number of carbonyl (C=O) groups excluding carboxylic acids is 1. The van der Waals surface area contributed by atoms with Crippen molar-refractivity contribution in [2.75, 3.05) is 7.11 Å². The Morgan fingerprint density at radius 3 is 2.95 bits per heavy atom. The molecule has 1 saturated carbocycles. The average molecular weight is 286 g/mol. The van der Waals surface area contributed by atoms with Crippen LogP contribution in [0.4, 0.5) is 0 Å². The van der Waals surface area contributed by atoms with E-state index < -0.39 is 0 Å². The number of carbonyl (C=O) groups is 1. The molecule has 0 unspecified atom stereocenters. The molecule has 3 rings (SSSR count). The Morgan fingerprint density at radius 2 is 2.19 bits per heavy atom. The highest BCUT2D eigenvalue weighted by molar-refractivity contribution is 5.92. The second-order valence-corrected chi connectivity index (χ2v) is 5.22. The van der Waals surface area contributed by atoms with E-state index in [0.29, 0.717) is 11.6 Å². The Hall–Kier alpha value is -2.30. The van der Waals surface area contributed by atoms with Crippen LogP contribution >= 0.6 is 0 Å². The predicted molar refractivity (Wildman–Crippen MR) is 78.2 cm³/mol. The maximum Gasteiger partial charge on any atom is 0.273 e. The topological polar surface area (TPSA) is 64.4 Å². The van der Waals surface area contributed by atoms with Crippen molar-refractivity contribution in [2.24, 2.45) is 0 Å². The summed E-state index contributed by atoms with van der Waals surface area (Å²) in [4.78, 5) is 16.4. The smallest absolute Gasteiger partial charge is 0.273 e. The van der Waals surface area contributed by atoms with E-state index in [0.717, 1.165) is 24.2 Å². The first-order chi connectivity index (χ1) is 10.3. The molecule has 1 aliphatic carbocycles. The van der Waals surface area contributed by atoms with Crippen LogP contribution in [-0.2, 0) is 0 Å². The van der Waals surface area contributed by atoms with Gasteiger partial charge in [-0.1, -0.05) is 18.9 Å². The van der Waals surface area contributed by atoms with Crippen molar-refractivity contribution in [3.8, 4) is 17.2 Å². The van der Waals surface area contributed by atoms with Crippen molar-refractivity contribution in [1.29, 1.82) is 0 Å². The summed E-state index contributed by atoms with van der Waals surface area (Å²) in [6.07, 6.45) is 5.86. The van der Waals surface area contributed by atoms with Gasteiger partial charge in [-0.15, -0.1) is 0 Å². The molecule has 1 aliphatic rings. The Morgan fingerprint density at radius 1 is 1.38 bits per heavy atom. The summed E-state index contributed by atoms with van der Waals surface area (Å²) in [6.45, 7) is 0. The summed E-state index contributed by atoms with van der Waals surface area (Å²) in [6, 6.07) is 7.67. The fraction of sp³-hybridized carbons (Fsp3) is 0.375. The molecule has 0 radical (unpaired) electrons. The second-order valence-electron chi connectivity index (χ2n) is 5.22. The van der Waals surface area contributed by atoms with Crippen molar-refractivity contribution in [3.63, 3.8) is 0 Å². The highest BCUT2D eigenvalue weighted by atomic mass is 16.5. The average Bonchev–Trinajstić information content (AvgIpc) is 3.18. The van der Waals surface area contributed by atoms with Gasteiger partial charge in [0, 0.05) is 11.6 Å². The Balaban J connectivity index is 1.74. The van der Waals surface area contributed by atoms with E-state index in [1.54, 1.807) is 7.11 Å². The molecule has 5 nitrogen and oxygen atoms in total. The Labute approximate surface area is 123 Å². The summed E-state index contributed by atoms with van der Waals surface area (Å²) < 4.78 is 10.6. The zero-order valence-electron chi connectivity index (χ0n) is 12.0. The van der Waals surface area contributed by atoms with Crippen molar-refractivity contribution >= 4 is 5.91 Å². The molecule has 0 bridgehead atoms. The Bertz CT molecular complexity index is 630. The molecule has 110 valence electrons. The monoisotopic (exact) mass is 286 g/mol. The molecule has 0 spiro atoms. The third-order valence-electron chi connectivity index (χ3n) is 3.74. The van der Waals surface area contributed by atoms with E-state index in [1.807, 2.05) is 24.3 Å². The quantitative estimate of drug-likeness (QED) is 0.938. The van der Waals surface area contributed by atoms with Gasteiger partial charge >= 0.3 is 0 Å². The molecule has 21 heavy (non-hydrogen) atoms. The van der Waals surface area contributed by atoms with Crippen LogP contribution in [-0.4, -0.2) is 24.0 Å². The fourth-order valence-corrected chi connectivity index (χ4v) is 2.60. The molecule has 1 aromatic heterocycles. The predicted octanol–water partition coefficient (Wildman–Crippen LogP) is 3.02. The number of oxazole rings is 1. The van der Waals surface area contributed by atoms with Gasteiger partial charge in [0.2, 0.25) is 5.89 Å². The maximum absolute atomic E-state index is 12.1. The van der Waals surface area contributed by atoms with Gasteiger partial charge in [0.1, 0.15) is 12.0 Å². The van der Waals surface area contributed by atoms with E-state index in [1.165, 1.54) is 19.1 Å². The number of hydrogen-bond donors (Lipinski definition) is 1. The minimum atomic E-state index is -0.167. The van der Waals surface area contributed by atoms with E-state index in [2.05, 4.69) is 10.3 Å². The van der Waals surface area contributed by atoms with Gasteiger partial charge in [-0.2, -0.15) is 0 Å². The third kappa shape index (κ3) is 3.07. The van der Waals surface area contributed by atoms with Gasteiger partial charge in [-0.25, -0.2) is 4.98 Å². The van der Waals surface area contributed by atoms with E-state index in [4.69, 9.17) is 9.15 Å². The lowest BCUT2D eigenvalue weighted by atomic mass is 10.2. The van der Waals surface area contributed by atoms with Crippen LogP contribution < -0.4 is 10.1 Å². The lowest BCUT2D eigenvalue weighted by Crippen LogP contribution is -2.32. The molecule has 1 aromatic carbocycles. The normalized spacial score (nSPS) is 15.1. The molecular weight excluding hydrogens is 268 g/mol. The Kier molecular flexibility index (Phi) is 3.90. The van der Waals surface area contributed by atoms with Crippen LogP contribution in [0.25, 0.3) is 11.5 Å². The number of nitrogens with one attached hydrogen (secondary N) is 1. The van der Waals surface area contributed by atoms with Crippen LogP contribution in [0.2, 0.25) is 0 Å². The van der Waals surface area contributed by atoms with E-state index in [9.17, 15) is 4.79 Å². The van der Waals surface area contributed by atoms with Crippen molar-refractivity contribution in [1.82, 2.24) is 10.3 Å². The van der Waals surface area contributed by atoms with Gasteiger partial charge in [0.15, 0.2) is 5.69 Å². The maximum atomic E-state index is 12.1. The molecular formula is C16H18N2O3. The zero-order valence-corrected chi connectivity index (χ0v) is 12.0. The van der Waals surface area contributed by atoms with Crippen LogP contribution in [0.1, 0.15) is 36.2 Å². The molecule has 2 aromatic rings. The number of rotatable bonds is 4. The molecule has 0 aliphatic heterocycles. The first-order valence-electron chi connectivity index (χ1n) is 7.17. The number of hydrogen-bond acceptors (Lipinski definition) is 4. The summed E-state index contributed by atoms with van der Waals surface area (Å²) in [5.41, 5.74) is 1.11. The van der Waals surface area contributed by atoms with E-state index in [-0.39, 0.29) is 11.9 Å². The number of aromatic nitrogens is 1. The number of methoxy groups -OCH3 is 1. The summed E-state index contributed by atoms with van der Waals surface area (Å²) >= 11 is 0. The lowest BCUT2D eigenvalue weighted by Gasteiger charge is -2.09. The molecule has 1 heterocycles. The third-order valence-corrected chi connectivity index (χ3v) is 3.74. The van der Waals surface area contributed by atoms with Crippen molar-refractivity contribution in [2.45, 2.75) is 31.7 Å². The highest BCUT2D eigenvalue weighted by Gasteiger charge is 2.20. The van der Waals surface area contributed by atoms with Crippen LogP contribution in [0, 0.1) is 0 Å². The van der Waals surface area contributed by atoms with Gasteiger partial charge in [-0.05, 0) is 31.0 Å². The molecule has 5 heteroatoms.